The third kappa shape index (κ3) is 3.05. The molecule has 19 heavy (non-hydrogen) atoms. The Morgan fingerprint density at radius 1 is 1.16 bits per heavy atom. The molecular formula is C12H6F3NO2S. The summed E-state index contributed by atoms with van der Waals surface area (Å²) < 4.78 is 39.5. The molecule has 1 N–H and O–H groups in total. The Kier molecular flexibility index (Phi) is 3.75. The molecule has 2 rings (SSSR count). The van der Waals surface area contributed by atoms with Crippen LogP contribution in [0, 0.1) is 17.5 Å². The zero-order chi connectivity index (χ0) is 14.0. The molecule has 0 aliphatic rings. The van der Waals surface area contributed by atoms with E-state index in [2.05, 4.69) is 4.98 Å². The van der Waals surface area contributed by atoms with Gasteiger partial charge >= 0.3 is 5.97 Å². The monoisotopic (exact) mass is 285 g/mol. The van der Waals surface area contributed by atoms with E-state index in [1.54, 1.807) is 0 Å². The molecule has 0 saturated carbocycles. The van der Waals surface area contributed by atoms with E-state index >= 15 is 0 Å². The molecular weight excluding hydrogens is 279 g/mol. The van der Waals surface area contributed by atoms with Crippen molar-refractivity contribution < 1.29 is 23.1 Å². The van der Waals surface area contributed by atoms with Crippen LogP contribution in [0.2, 0.25) is 0 Å². The Morgan fingerprint density at radius 3 is 2.53 bits per heavy atom. The molecule has 0 spiro atoms. The van der Waals surface area contributed by atoms with Gasteiger partial charge in [0.15, 0.2) is 5.82 Å². The van der Waals surface area contributed by atoms with Crippen molar-refractivity contribution in [3.63, 3.8) is 0 Å². The first-order valence-electron chi connectivity index (χ1n) is 4.99. The van der Waals surface area contributed by atoms with E-state index in [-0.39, 0.29) is 15.5 Å². The van der Waals surface area contributed by atoms with E-state index in [1.807, 2.05) is 0 Å². The SMILES string of the molecule is O=C(O)c1ccc(F)c(Sc2ncc(F)cc2F)c1. The van der Waals surface area contributed by atoms with Gasteiger partial charge in [0, 0.05) is 6.07 Å². The minimum absolute atomic E-state index is 0.0992. The molecule has 0 amide bonds. The summed E-state index contributed by atoms with van der Waals surface area (Å²) in [5, 5.41) is 8.55. The quantitative estimate of drug-likeness (QED) is 0.939. The Labute approximate surface area is 110 Å². The molecule has 2 aromatic rings. The van der Waals surface area contributed by atoms with Crippen LogP contribution in [0.3, 0.4) is 0 Å². The van der Waals surface area contributed by atoms with E-state index in [9.17, 15) is 18.0 Å². The summed E-state index contributed by atoms with van der Waals surface area (Å²) in [5.41, 5.74) is -0.133. The van der Waals surface area contributed by atoms with Crippen LogP contribution in [0.4, 0.5) is 13.2 Å². The number of carboxylic acid groups (broad SMARTS) is 1. The highest BCUT2D eigenvalue weighted by Crippen LogP contribution is 2.31. The molecule has 0 fully saturated rings. The molecule has 1 heterocycles. The second kappa shape index (κ2) is 5.31. The number of hydrogen-bond donors (Lipinski definition) is 1. The lowest BCUT2D eigenvalue weighted by atomic mass is 10.2. The second-order valence-corrected chi connectivity index (χ2v) is 4.52. The average molecular weight is 285 g/mol. The number of rotatable bonds is 3. The van der Waals surface area contributed by atoms with Crippen molar-refractivity contribution in [2.45, 2.75) is 9.92 Å². The van der Waals surface area contributed by atoms with Crippen molar-refractivity contribution in [2.24, 2.45) is 0 Å². The lowest BCUT2D eigenvalue weighted by Gasteiger charge is -2.05. The number of aromatic carboxylic acids is 1. The molecule has 0 aliphatic heterocycles. The van der Waals surface area contributed by atoms with Gasteiger partial charge in [-0.3, -0.25) is 0 Å². The molecule has 1 aromatic carbocycles. The van der Waals surface area contributed by atoms with Crippen molar-refractivity contribution in [3.8, 4) is 0 Å². The Hall–Kier alpha value is -2.02. The van der Waals surface area contributed by atoms with Gasteiger partial charge in [-0.1, -0.05) is 11.8 Å². The predicted octanol–water partition coefficient (Wildman–Crippen LogP) is 3.35. The summed E-state index contributed by atoms with van der Waals surface area (Å²) in [4.78, 5) is 14.1. The van der Waals surface area contributed by atoms with Crippen LogP contribution in [0.15, 0.2) is 40.4 Å². The van der Waals surface area contributed by atoms with Gasteiger partial charge in [-0.05, 0) is 18.2 Å². The molecule has 0 unspecified atom stereocenters. The van der Waals surface area contributed by atoms with Crippen LogP contribution in [0.5, 0.6) is 0 Å². The molecule has 0 radical (unpaired) electrons. The fourth-order valence-corrected chi connectivity index (χ4v) is 2.12. The lowest BCUT2D eigenvalue weighted by Crippen LogP contribution is -1.97. The van der Waals surface area contributed by atoms with Crippen molar-refractivity contribution in [3.05, 3.63) is 53.5 Å². The zero-order valence-electron chi connectivity index (χ0n) is 9.23. The standard InChI is InChI=1S/C12H6F3NO2S/c13-7-4-9(15)11(16-5-7)19-10-3-6(12(17)18)1-2-8(10)14/h1-5H,(H,17,18). The van der Waals surface area contributed by atoms with E-state index in [4.69, 9.17) is 5.11 Å². The van der Waals surface area contributed by atoms with Crippen LogP contribution in [0.25, 0.3) is 0 Å². The fraction of sp³-hybridized carbons (Fsp3) is 0. The highest BCUT2D eigenvalue weighted by Gasteiger charge is 2.13. The summed E-state index contributed by atoms with van der Waals surface area (Å²) in [6, 6.07) is 3.74. The third-order valence-corrected chi connectivity index (χ3v) is 3.19. The fourth-order valence-electron chi connectivity index (χ4n) is 1.30. The maximum atomic E-state index is 13.5. The van der Waals surface area contributed by atoms with Gasteiger partial charge in [0.1, 0.15) is 16.7 Å². The van der Waals surface area contributed by atoms with Gasteiger partial charge in [-0.15, -0.1) is 0 Å². The molecule has 7 heteroatoms. The minimum atomic E-state index is -1.23. The van der Waals surface area contributed by atoms with E-state index < -0.39 is 23.4 Å². The topological polar surface area (TPSA) is 50.2 Å². The first-order chi connectivity index (χ1) is 8.97. The second-order valence-electron chi connectivity index (χ2n) is 3.49. The Balaban J connectivity index is 2.37. The Morgan fingerprint density at radius 2 is 1.89 bits per heavy atom. The summed E-state index contributed by atoms with van der Waals surface area (Å²) in [7, 11) is 0. The minimum Gasteiger partial charge on any atom is -0.478 e. The molecule has 0 aliphatic carbocycles. The molecule has 3 nitrogen and oxygen atoms in total. The number of carboxylic acids is 1. The maximum absolute atomic E-state index is 13.5. The van der Waals surface area contributed by atoms with Gasteiger partial charge in [0.2, 0.25) is 0 Å². The van der Waals surface area contributed by atoms with Gasteiger partial charge < -0.3 is 5.11 Å². The number of aromatic nitrogens is 1. The highest BCUT2D eigenvalue weighted by molar-refractivity contribution is 7.99. The number of pyridine rings is 1. The van der Waals surface area contributed by atoms with Crippen molar-refractivity contribution in [2.75, 3.05) is 0 Å². The van der Waals surface area contributed by atoms with Gasteiger partial charge in [-0.2, -0.15) is 0 Å². The molecule has 1 aromatic heterocycles. The number of carbonyl (C=O) groups is 1. The van der Waals surface area contributed by atoms with Crippen LogP contribution < -0.4 is 0 Å². The number of benzene rings is 1. The van der Waals surface area contributed by atoms with Gasteiger partial charge in [0.25, 0.3) is 0 Å². The number of hydrogen-bond acceptors (Lipinski definition) is 3. The summed E-state index contributed by atoms with van der Waals surface area (Å²) in [5.74, 6) is -3.72. The van der Waals surface area contributed by atoms with Crippen molar-refractivity contribution in [1.29, 1.82) is 0 Å². The molecule has 0 saturated heterocycles. The maximum Gasteiger partial charge on any atom is 0.335 e. The Bertz CT molecular complexity index is 649. The number of halogens is 3. The first kappa shape index (κ1) is 13.4. The van der Waals surface area contributed by atoms with Crippen molar-refractivity contribution >= 4 is 17.7 Å². The summed E-state index contributed by atoms with van der Waals surface area (Å²) in [6.07, 6.45) is 0.796. The highest BCUT2D eigenvalue weighted by atomic mass is 32.2. The van der Waals surface area contributed by atoms with E-state index in [1.165, 1.54) is 0 Å². The van der Waals surface area contributed by atoms with Crippen LogP contribution in [0.1, 0.15) is 10.4 Å². The van der Waals surface area contributed by atoms with Gasteiger partial charge in [-0.25, -0.2) is 22.9 Å². The third-order valence-electron chi connectivity index (χ3n) is 2.16. The summed E-state index contributed by atoms with van der Waals surface area (Å²) >= 11 is 0.590. The summed E-state index contributed by atoms with van der Waals surface area (Å²) in [6.45, 7) is 0. The number of nitrogens with zero attached hydrogens (tertiary/aromatic N) is 1. The van der Waals surface area contributed by atoms with Crippen LogP contribution >= 0.6 is 11.8 Å². The predicted molar refractivity (Wildman–Crippen MR) is 61.6 cm³/mol. The molecule has 0 atom stereocenters. The zero-order valence-corrected chi connectivity index (χ0v) is 10.0. The first-order valence-corrected chi connectivity index (χ1v) is 5.81. The largest absolute Gasteiger partial charge is 0.478 e. The lowest BCUT2D eigenvalue weighted by molar-refractivity contribution is 0.0696. The van der Waals surface area contributed by atoms with Crippen LogP contribution in [-0.4, -0.2) is 16.1 Å². The smallest absolute Gasteiger partial charge is 0.335 e. The molecule has 0 bridgehead atoms. The average Bonchev–Trinajstić information content (AvgIpc) is 2.34. The van der Waals surface area contributed by atoms with Crippen LogP contribution in [-0.2, 0) is 0 Å². The normalized spacial score (nSPS) is 10.5. The van der Waals surface area contributed by atoms with E-state index in [0.29, 0.717) is 17.8 Å². The molecule has 98 valence electrons. The van der Waals surface area contributed by atoms with Gasteiger partial charge in [0.05, 0.1) is 16.7 Å². The van der Waals surface area contributed by atoms with Crippen molar-refractivity contribution in [1.82, 2.24) is 4.98 Å². The van der Waals surface area contributed by atoms with E-state index in [0.717, 1.165) is 24.4 Å².